The zero-order chi connectivity index (χ0) is 16.1. The van der Waals surface area contributed by atoms with E-state index in [0.29, 0.717) is 0 Å². The van der Waals surface area contributed by atoms with Gasteiger partial charge < -0.3 is 9.74 Å². The molecule has 3 nitrogen and oxygen atoms in total. The van der Waals surface area contributed by atoms with Gasteiger partial charge in [0, 0.05) is 32.4 Å². The third-order valence-electron chi connectivity index (χ3n) is 3.84. The molecular weight excluding hydrogens is 260 g/mol. The smallest absolute Gasteiger partial charge is 0.0575 e. The number of rotatable bonds is 9. The molecule has 126 valence electrons. The Kier molecular flexibility index (Phi) is 12.8. The number of hydrogen-bond acceptors (Lipinski definition) is 3. The van der Waals surface area contributed by atoms with E-state index in [2.05, 4.69) is 32.3 Å². The highest BCUT2D eigenvalue weighted by molar-refractivity contribution is 4.96. The quantitative estimate of drug-likeness (QED) is 0.453. The highest BCUT2D eigenvalue weighted by Crippen LogP contribution is 2.18. The molecule has 0 amide bonds. The second-order valence-electron chi connectivity index (χ2n) is 6.45. The predicted molar refractivity (Wildman–Crippen MR) is 93.2 cm³/mol. The molecule has 21 heavy (non-hydrogen) atoms. The summed E-state index contributed by atoms with van der Waals surface area (Å²) in [6.45, 7) is 14.4. The van der Waals surface area contributed by atoms with Crippen LogP contribution in [0.5, 0.6) is 0 Å². The fourth-order valence-corrected chi connectivity index (χ4v) is 2.49. The van der Waals surface area contributed by atoms with E-state index in [1.165, 1.54) is 63.7 Å². The summed E-state index contributed by atoms with van der Waals surface area (Å²) in [5, 5.41) is 1.87. The summed E-state index contributed by atoms with van der Waals surface area (Å²) in [5.41, 5.74) is 1.34. The van der Waals surface area contributed by atoms with Crippen LogP contribution in [0, 0.1) is 5.92 Å². The van der Waals surface area contributed by atoms with Crippen LogP contribution in [-0.4, -0.2) is 43.8 Å². The van der Waals surface area contributed by atoms with E-state index in [9.17, 15) is 0 Å². The van der Waals surface area contributed by atoms with Crippen molar-refractivity contribution in [1.29, 1.82) is 0 Å². The predicted octanol–water partition coefficient (Wildman–Crippen LogP) is 4.70. The number of likely N-dealkylation sites (tertiary alicyclic amines) is 1. The molecule has 0 aromatic carbocycles. The second kappa shape index (κ2) is 13.1. The first-order valence-corrected chi connectivity index (χ1v) is 8.69. The summed E-state index contributed by atoms with van der Waals surface area (Å²) in [6.07, 6.45) is 9.10. The molecule has 1 rings (SSSR count). The normalized spacial score (nSPS) is 14.5. The Morgan fingerprint density at radius 1 is 1.19 bits per heavy atom. The minimum absolute atomic E-state index is 0.753. The van der Waals surface area contributed by atoms with Crippen molar-refractivity contribution in [3.63, 3.8) is 0 Å². The van der Waals surface area contributed by atoms with Gasteiger partial charge in [-0.25, -0.2) is 0 Å². The molecule has 0 spiro atoms. The van der Waals surface area contributed by atoms with Crippen LogP contribution in [0.25, 0.3) is 0 Å². The Morgan fingerprint density at radius 2 is 1.81 bits per heavy atom. The molecule has 3 heteroatoms. The largest absolute Gasteiger partial charge is 0.375 e. The van der Waals surface area contributed by atoms with Gasteiger partial charge in [0.05, 0.1) is 7.11 Å². The maximum atomic E-state index is 4.96. The van der Waals surface area contributed by atoms with Crippen molar-refractivity contribution < 1.29 is 4.84 Å². The van der Waals surface area contributed by atoms with Crippen molar-refractivity contribution >= 4 is 0 Å². The van der Waals surface area contributed by atoms with Crippen molar-refractivity contribution in [2.75, 3.05) is 33.8 Å². The van der Waals surface area contributed by atoms with Crippen LogP contribution in [0.4, 0.5) is 0 Å². The molecule has 1 aliphatic rings. The molecule has 0 aromatic rings. The number of hydroxylamine groups is 2. The average molecular weight is 299 g/mol. The van der Waals surface area contributed by atoms with Gasteiger partial charge in [0.25, 0.3) is 0 Å². The highest BCUT2D eigenvalue weighted by atomic mass is 16.7. The van der Waals surface area contributed by atoms with Gasteiger partial charge in [-0.1, -0.05) is 46.6 Å². The lowest BCUT2D eigenvalue weighted by Gasteiger charge is -2.21. The maximum Gasteiger partial charge on any atom is 0.0575 e. The first kappa shape index (κ1) is 20.5. The lowest BCUT2D eigenvalue weighted by atomic mass is 10.1. The molecule has 0 unspecified atom stereocenters. The van der Waals surface area contributed by atoms with Crippen molar-refractivity contribution in [3.05, 3.63) is 12.3 Å². The van der Waals surface area contributed by atoms with Crippen molar-refractivity contribution in [1.82, 2.24) is 9.96 Å². The van der Waals surface area contributed by atoms with Crippen LogP contribution in [0.3, 0.4) is 0 Å². The molecule has 1 fully saturated rings. The first-order chi connectivity index (χ1) is 10.0. The van der Waals surface area contributed by atoms with E-state index in [4.69, 9.17) is 4.84 Å². The summed E-state index contributed by atoms with van der Waals surface area (Å²) in [4.78, 5) is 7.39. The van der Waals surface area contributed by atoms with Gasteiger partial charge in [0.15, 0.2) is 0 Å². The number of nitrogens with zero attached hydrogens (tertiary/aromatic N) is 2. The van der Waals surface area contributed by atoms with E-state index in [0.717, 1.165) is 12.5 Å². The molecule has 1 heterocycles. The third kappa shape index (κ3) is 11.8. The van der Waals surface area contributed by atoms with Gasteiger partial charge in [-0.05, 0) is 31.6 Å². The summed E-state index contributed by atoms with van der Waals surface area (Å²) >= 11 is 0. The van der Waals surface area contributed by atoms with Crippen LogP contribution in [0.1, 0.15) is 65.7 Å². The Labute approximate surface area is 133 Å². The molecule has 0 atom stereocenters. The molecule has 0 saturated carbocycles. The summed E-state index contributed by atoms with van der Waals surface area (Å²) < 4.78 is 0. The number of unbranched alkanes of at least 4 members (excludes halogenated alkanes) is 3. The van der Waals surface area contributed by atoms with Crippen LogP contribution < -0.4 is 0 Å². The van der Waals surface area contributed by atoms with Crippen LogP contribution in [0.15, 0.2) is 12.3 Å². The minimum atomic E-state index is 0.753. The summed E-state index contributed by atoms with van der Waals surface area (Å²) in [6, 6.07) is 0. The van der Waals surface area contributed by atoms with Crippen molar-refractivity contribution in [2.45, 2.75) is 65.7 Å². The molecule has 0 aromatic heterocycles. The van der Waals surface area contributed by atoms with Crippen LogP contribution in [0.2, 0.25) is 0 Å². The summed E-state index contributed by atoms with van der Waals surface area (Å²) in [5.74, 6) is 0.753. The van der Waals surface area contributed by atoms with Crippen LogP contribution >= 0.6 is 0 Å². The van der Waals surface area contributed by atoms with Gasteiger partial charge in [-0.15, -0.1) is 0 Å². The standard InChI is InChI=1S/C10H19N.C8H19NO/c1-9(2)8-10(3)11-6-4-5-7-11;1-4-5-6-7-8-9(2)10-3/h9H,3-8H2,1-2H3;4-8H2,1-3H3. The highest BCUT2D eigenvalue weighted by Gasteiger charge is 2.13. The Balaban J connectivity index is 0.000000384. The molecule has 1 saturated heterocycles. The van der Waals surface area contributed by atoms with E-state index in [1.54, 1.807) is 7.11 Å². The Hall–Kier alpha value is -0.540. The van der Waals surface area contributed by atoms with E-state index < -0.39 is 0 Å². The maximum absolute atomic E-state index is 4.96. The van der Waals surface area contributed by atoms with Gasteiger partial charge in [-0.3, -0.25) is 0 Å². The third-order valence-corrected chi connectivity index (χ3v) is 3.84. The van der Waals surface area contributed by atoms with Gasteiger partial charge >= 0.3 is 0 Å². The topological polar surface area (TPSA) is 15.7 Å². The van der Waals surface area contributed by atoms with E-state index in [-0.39, 0.29) is 0 Å². The zero-order valence-corrected chi connectivity index (χ0v) is 15.2. The molecule has 0 N–H and O–H groups in total. The first-order valence-electron chi connectivity index (χ1n) is 8.69. The van der Waals surface area contributed by atoms with Crippen molar-refractivity contribution in [3.8, 4) is 0 Å². The monoisotopic (exact) mass is 298 g/mol. The SMILES string of the molecule is C=C(CC(C)C)N1CCCC1.CCCCCCN(C)OC. The molecule has 0 aliphatic carbocycles. The van der Waals surface area contributed by atoms with E-state index in [1.807, 2.05) is 12.1 Å². The molecule has 0 bridgehead atoms. The molecular formula is C18H38N2O. The second-order valence-corrected chi connectivity index (χ2v) is 6.45. The summed E-state index contributed by atoms with van der Waals surface area (Å²) in [7, 11) is 3.67. The van der Waals surface area contributed by atoms with Gasteiger partial charge in [-0.2, -0.15) is 5.06 Å². The van der Waals surface area contributed by atoms with Gasteiger partial charge in [0.2, 0.25) is 0 Å². The van der Waals surface area contributed by atoms with Crippen molar-refractivity contribution in [2.24, 2.45) is 5.92 Å². The van der Waals surface area contributed by atoms with Gasteiger partial charge in [0.1, 0.15) is 0 Å². The lowest BCUT2D eigenvalue weighted by molar-refractivity contribution is -0.109. The molecule has 0 radical (unpaired) electrons. The fourth-order valence-electron chi connectivity index (χ4n) is 2.49. The fraction of sp³-hybridized carbons (Fsp3) is 0.889. The number of allylic oxidation sites excluding steroid dienone is 1. The Bertz CT molecular complexity index is 248. The zero-order valence-electron chi connectivity index (χ0n) is 15.2. The molecule has 1 aliphatic heterocycles. The van der Waals surface area contributed by atoms with E-state index >= 15 is 0 Å². The lowest BCUT2D eigenvalue weighted by Crippen LogP contribution is -2.18. The Morgan fingerprint density at radius 3 is 2.29 bits per heavy atom. The number of hydrogen-bond donors (Lipinski definition) is 0. The van der Waals surface area contributed by atoms with Crippen LogP contribution in [-0.2, 0) is 4.84 Å². The minimum Gasteiger partial charge on any atom is -0.375 e. The average Bonchev–Trinajstić information content (AvgIpc) is 2.97.